The fourth-order valence-electron chi connectivity index (χ4n) is 5.25. The van der Waals surface area contributed by atoms with Crippen molar-refractivity contribution in [3.8, 4) is 0 Å². The second kappa shape index (κ2) is 9.08. The minimum absolute atomic E-state index is 0.00173. The first kappa shape index (κ1) is 22.0. The number of likely N-dealkylation sites (tertiary alicyclic amines) is 1. The van der Waals surface area contributed by atoms with E-state index in [4.69, 9.17) is 4.74 Å². The highest BCUT2D eigenvalue weighted by atomic mass is 16.5. The number of nitrogens with one attached hydrogen (secondary N) is 1. The largest absolute Gasteiger partial charge is 0.379 e. The number of piperazine rings is 1. The predicted octanol–water partition coefficient (Wildman–Crippen LogP) is 0.539. The summed E-state index contributed by atoms with van der Waals surface area (Å²) in [6, 6.07) is 0.00624. The number of nitrogens with zero attached hydrogens (tertiary/aromatic N) is 5. The summed E-state index contributed by atoms with van der Waals surface area (Å²) in [5.41, 5.74) is 1.31. The summed E-state index contributed by atoms with van der Waals surface area (Å²) in [7, 11) is 3.81. The van der Waals surface area contributed by atoms with Crippen LogP contribution in [0.3, 0.4) is 0 Å². The van der Waals surface area contributed by atoms with Gasteiger partial charge in [0.2, 0.25) is 11.9 Å². The van der Waals surface area contributed by atoms with E-state index in [9.17, 15) is 9.59 Å². The van der Waals surface area contributed by atoms with Gasteiger partial charge in [0.05, 0.1) is 23.4 Å². The lowest BCUT2D eigenvalue weighted by atomic mass is 9.77. The minimum atomic E-state index is -0.0374. The maximum absolute atomic E-state index is 13.3. The number of carbonyl (C=O) groups excluding carboxylic acids is 2. The average molecular weight is 431 g/mol. The Morgan fingerprint density at radius 3 is 2.42 bits per heavy atom. The van der Waals surface area contributed by atoms with Gasteiger partial charge < -0.3 is 24.8 Å². The number of amides is 2. The molecule has 9 nitrogen and oxygen atoms in total. The molecule has 4 atom stereocenters. The van der Waals surface area contributed by atoms with Crippen molar-refractivity contribution in [1.82, 2.24) is 25.1 Å². The lowest BCUT2D eigenvalue weighted by molar-refractivity contribution is -0.121. The maximum atomic E-state index is 13.3. The fourth-order valence-corrected chi connectivity index (χ4v) is 5.25. The summed E-state index contributed by atoms with van der Waals surface area (Å²) in [6.45, 7) is 8.63. The van der Waals surface area contributed by atoms with Crippen molar-refractivity contribution in [1.29, 1.82) is 0 Å². The van der Waals surface area contributed by atoms with Crippen LogP contribution in [0.5, 0.6) is 0 Å². The molecule has 0 aromatic carbocycles. The molecule has 0 radical (unpaired) electrons. The summed E-state index contributed by atoms with van der Waals surface area (Å²) < 4.78 is 5.64. The fraction of sp³-hybridized carbons (Fsp3) is 0.727. The molecule has 0 bridgehead atoms. The number of methoxy groups -OCH3 is 1. The molecule has 1 aliphatic carbocycles. The molecular weight excluding hydrogens is 396 g/mol. The van der Waals surface area contributed by atoms with Crippen LogP contribution in [0.2, 0.25) is 0 Å². The summed E-state index contributed by atoms with van der Waals surface area (Å²) in [5, 5.41) is 3.03. The summed E-state index contributed by atoms with van der Waals surface area (Å²) >= 11 is 0. The molecule has 0 spiro atoms. The van der Waals surface area contributed by atoms with Crippen molar-refractivity contribution in [2.24, 2.45) is 11.8 Å². The molecule has 4 rings (SSSR count). The summed E-state index contributed by atoms with van der Waals surface area (Å²) in [6.07, 6.45) is 3.38. The number of aromatic nitrogens is 2. The van der Waals surface area contributed by atoms with Gasteiger partial charge in [-0.15, -0.1) is 0 Å². The summed E-state index contributed by atoms with van der Waals surface area (Å²) in [5.74, 6) is 1.44. The zero-order chi connectivity index (χ0) is 22.1. The third kappa shape index (κ3) is 4.67. The molecule has 1 aromatic rings. The molecule has 2 amide bonds. The van der Waals surface area contributed by atoms with Gasteiger partial charge in [-0.05, 0) is 38.6 Å². The Morgan fingerprint density at radius 1 is 1.13 bits per heavy atom. The van der Waals surface area contributed by atoms with Crippen molar-refractivity contribution < 1.29 is 14.3 Å². The van der Waals surface area contributed by atoms with E-state index in [2.05, 4.69) is 32.1 Å². The number of anilines is 1. The quantitative estimate of drug-likeness (QED) is 0.745. The monoisotopic (exact) mass is 430 g/mol. The molecule has 3 aliphatic rings. The molecule has 1 saturated carbocycles. The maximum Gasteiger partial charge on any atom is 0.257 e. The molecular formula is C22H34N6O3. The number of ether oxygens (including phenoxy) is 1. The third-order valence-electron chi connectivity index (χ3n) is 7.08. The number of hydrogen-bond donors (Lipinski definition) is 1. The molecule has 2 saturated heterocycles. The van der Waals surface area contributed by atoms with Gasteiger partial charge in [0.15, 0.2) is 0 Å². The molecule has 3 heterocycles. The van der Waals surface area contributed by atoms with Gasteiger partial charge in [-0.25, -0.2) is 9.97 Å². The zero-order valence-corrected chi connectivity index (χ0v) is 19.0. The second-order valence-corrected chi connectivity index (χ2v) is 9.24. The van der Waals surface area contributed by atoms with E-state index in [-0.39, 0.29) is 24.0 Å². The molecule has 3 fully saturated rings. The van der Waals surface area contributed by atoms with Crippen molar-refractivity contribution >= 4 is 17.8 Å². The van der Waals surface area contributed by atoms with Gasteiger partial charge in [-0.2, -0.15) is 0 Å². The lowest BCUT2D eigenvalue weighted by Crippen LogP contribution is -2.49. The lowest BCUT2D eigenvalue weighted by Gasteiger charge is -2.37. The molecule has 170 valence electrons. The topological polar surface area (TPSA) is 90.9 Å². The molecule has 1 N–H and O–H groups in total. The first-order valence-electron chi connectivity index (χ1n) is 11.2. The van der Waals surface area contributed by atoms with E-state index < -0.39 is 0 Å². The van der Waals surface area contributed by atoms with Crippen molar-refractivity contribution in [3.63, 3.8) is 0 Å². The minimum Gasteiger partial charge on any atom is -0.379 e. The molecule has 31 heavy (non-hydrogen) atoms. The Morgan fingerprint density at radius 2 is 1.81 bits per heavy atom. The van der Waals surface area contributed by atoms with Crippen LogP contribution < -0.4 is 10.2 Å². The van der Waals surface area contributed by atoms with Gasteiger partial charge in [0, 0.05) is 59.5 Å². The highest BCUT2D eigenvalue weighted by Crippen LogP contribution is 2.38. The Labute approximate surface area is 184 Å². The first-order valence-corrected chi connectivity index (χ1v) is 11.2. The highest BCUT2D eigenvalue weighted by molar-refractivity contribution is 5.95. The Hall–Kier alpha value is -2.26. The smallest absolute Gasteiger partial charge is 0.257 e. The number of rotatable bonds is 4. The van der Waals surface area contributed by atoms with Gasteiger partial charge in [-0.3, -0.25) is 9.59 Å². The number of hydrogen-bond acceptors (Lipinski definition) is 7. The van der Waals surface area contributed by atoms with Crippen LogP contribution in [0.4, 0.5) is 5.95 Å². The van der Waals surface area contributed by atoms with E-state index in [1.54, 1.807) is 13.3 Å². The molecule has 9 heteroatoms. The Balaban J connectivity index is 1.43. The first-order chi connectivity index (χ1) is 14.9. The Kier molecular flexibility index (Phi) is 6.43. The van der Waals surface area contributed by atoms with Crippen LogP contribution in [0, 0.1) is 18.8 Å². The molecule has 2 aliphatic heterocycles. The average Bonchev–Trinajstić information content (AvgIpc) is 3.15. The Bertz CT molecular complexity index is 825. The van der Waals surface area contributed by atoms with Crippen LogP contribution in [-0.2, 0) is 9.53 Å². The van der Waals surface area contributed by atoms with Crippen molar-refractivity contribution in [2.75, 3.05) is 58.3 Å². The van der Waals surface area contributed by atoms with E-state index in [1.807, 2.05) is 11.8 Å². The van der Waals surface area contributed by atoms with E-state index in [0.29, 0.717) is 29.9 Å². The number of carbonyl (C=O) groups is 2. The second-order valence-electron chi connectivity index (χ2n) is 9.24. The van der Waals surface area contributed by atoms with Crippen LogP contribution in [-0.4, -0.2) is 97.2 Å². The summed E-state index contributed by atoms with van der Waals surface area (Å²) in [4.78, 5) is 40.4. The number of fused-ring (bicyclic) bond motifs is 1. The van der Waals surface area contributed by atoms with Crippen LogP contribution >= 0.6 is 0 Å². The molecule has 1 aromatic heterocycles. The van der Waals surface area contributed by atoms with Gasteiger partial charge >= 0.3 is 0 Å². The predicted molar refractivity (Wildman–Crippen MR) is 117 cm³/mol. The van der Waals surface area contributed by atoms with Crippen LogP contribution in [0.15, 0.2) is 6.20 Å². The standard InChI is InChI=1S/C22H34N6O3/c1-14-18(11-23-22(24-14)27-7-5-26(3)6-8-27)21(30)28-12-16-9-19(25-15(2)29)20(31-4)10-17(16)13-28/h11,16-17,19-20H,5-10,12-13H2,1-4H3,(H,25,29)/t16-,17+,19-,20-/m1/s1. The van der Waals surface area contributed by atoms with Crippen molar-refractivity contribution in [2.45, 2.75) is 38.8 Å². The zero-order valence-electron chi connectivity index (χ0n) is 19.0. The van der Waals surface area contributed by atoms with Gasteiger partial charge in [0.25, 0.3) is 5.91 Å². The van der Waals surface area contributed by atoms with E-state index in [1.165, 1.54) is 6.92 Å². The van der Waals surface area contributed by atoms with Gasteiger partial charge in [-0.1, -0.05) is 0 Å². The third-order valence-corrected chi connectivity index (χ3v) is 7.08. The SMILES string of the molecule is CO[C@@H]1C[C@H]2CN(C(=O)c3cnc(N4CCN(C)CC4)nc3C)C[C@H]2C[C@H]1NC(C)=O. The van der Waals surface area contributed by atoms with Gasteiger partial charge in [0.1, 0.15) is 0 Å². The van der Waals surface area contributed by atoms with Crippen LogP contribution in [0.25, 0.3) is 0 Å². The van der Waals surface area contributed by atoms with Crippen LogP contribution in [0.1, 0.15) is 35.8 Å². The number of aryl methyl sites for hydroxylation is 1. The van der Waals surface area contributed by atoms with Crippen molar-refractivity contribution in [3.05, 3.63) is 17.5 Å². The van der Waals surface area contributed by atoms with E-state index in [0.717, 1.165) is 51.3 Å². The van der Waals surface area contributed by atoms with E-state index >= 15 is 0 Å². The highest BCUT2D eigenvalue weighted by Gasteiger charge is 2.44. The molecule has 0 unspecified atom stereocenters. The normalized spacial score (nSPS) is 29.0. The number of likely N-dealkylation sites (N-methyl/N-ethyl adjacent to an activating group) is 1.